The topological polar surface area (TPSA) is 32.3 Å². The largest absolute Gasteiger partial charge is 0.374 e. The van der Waals surface area contributed by atoms with Crippen LogP contribution in [0.1, 0.15) is 149 Å². The Kier molecular flexibility index (Phi) is 24.1. The van der Waals surface area contributed by atoms with E-state index in [9.17, 15) is 5.11 Å². The van der Waals surface area contributed by atoms with Gasteiger partial charge in [-0.3, -0.25) is 0 Å². The van der Waals surface area contributed by atoms with Gasteiger partial charge in [-0.15, -0.1) is 0 Å². The monoisotopic (exact) mass is 395 g/mol. The molecule has 2 heteroatoms. The van der Waals surface area contributed by atoms with Crippen molar-refractivity contribution in [3.05, 3.63) is 12.3 Å². The summed E-state index contributed by atoms with van der Waals surface area (Å²) in [7, 11) is 0. The molecule has 2 nitrogen and oxygen atoms in total. The molecule has 0 amide bonds. The third kappa shape index (κ3) is 23.5. The zero-order chi connectivity index (χ0) is 20.5. The molecular formula is C26H53NO. The molecule has 0 aliphatic rings. The second-order valence-corrected chi connectivity index (χ2v) is 8.65. The van der Waals surface area contributed by atoms with Crippen LogP contribution >= 0.6 is 0 Å². The van der Waals surface area contributed by atoms with E-state index in [1.807, 2.05) is 13.1 Å². The Morgan fingerprint density at radius 3 is 1.29 bits per heavy atom. The maximum absolute atomic E-state index is 9.36. The molecule has 0 heterocycles. The molecule has 0 saturated carbocycles. The summed E-state index contributed by atoms with van der Waals surface area (Å²) in [6.45, 7) is 4.27. The van der Waals surface area contributed by atoms with Crippen LogP contribution in [0.5, 0.6) is 0 Å². The van der Waals surface area contributed by atoms with Crippen LogP contribution in [0.25, 0.3) is 0 Å². The molecule has 0 fully saturated rings. The number of aliphatic hydroxyl groups excluding tert-OH is 1. The van der Waals surface area contributed by atoms with E-state index in [0.29, 0.717) is 0 Å². The molecule has 2 N–H and O–H groups in total. The van der Waals surface area contributed by atoms with Gasteiger partial charge in [0.25, 0.3) is 0 Å². The van der Waals surface area contributed by atoms with Crippen molar-refractivity contribution in [2.24, 2.45) is 0 Å². The number of hydrogen-bond donors (Lipinski definition) is 2. The van der Waals surface area contributed by atoms with Crippen LogP contribution in [0.15, 0.2) is 12.3 Å². The summed E-state index contributed by atoms with van der Waals surface area (Å²) in [4.78, 5) is 0. The minimum Gasteiger partial charge on any atom is -0.374 e. The predicted octanol–water partition coefficient (Wildman–Crippen LogP) is 8.64. The Balaban J connectivity index is 3.05. The molecule has 0 aliphatic heterocycles. The van der Waals surface area contributed by atoms with Crippen LogP contribution in [0.2, 0.25) is 0 Å². The molecular weight excluding hydrogens is 342 g/mol. The van der Waals surface area contributed by atoms with Crippen LogP contribution in [0.3, 0.4) is 0 Å². The van der Waals surface area contributed by atoms with Crippen molar-refractivity contribution < 1.29 is 5.11 Å². The van der Waals surface area contributed by atoms with Crippen LogP contribution < -0.4 is 5.32 Å². The molecule has 0 radical (unpaired) electrons. The molecule has 0 aromatic carbocycles. The van der Waals surface area contributed by atoms with Crippen LogP contribution in [-0.4, -0.2) is 11.3 Å². The van der Waals surface area contributed by atoms with Crippen LogP contribution in [0, 0.1) is 0 Å². The van der Waals surface area contributed by atoms with Gasteiger partial charge in [-0.1, -0.05) is 135 Å². The summed E-state index contributed by atoms with van der Waals surface area (Å²) in [6, 6.07) is 0. The van der Waals surface area contributed by atoms with Gasteiger partial charge in [0.2, 0.25) is 0 Å². The van der Waals surface area contributed by atoms with Gasteiger partial charge in [0, 0.05) is 0 Å². The number of allylic oxidation sites excluding steroid dienone is 1. The lowest BCUT2D eigenvalue weighted by atomic mass is 10.0. The highest BCUT2D eigenvalue weighted by Gasteiger charge is 1.95. The predicted molar refractivity (Wildman–Crippen MR) is 127 cm³/mol. The maximum atomic E-state index is 9.36. The third-order valence-corrected chi connectivity index (χ3v) is 5.77. The molecule has 0 aliphatic carbocycles. The quantitative estimate of drug-likeness (QED) is 0.134. The van der Waals surface area contributed by atoms with Crippen LogP contribution in [0.4, 0.5) is 0 Å². The average Bonchev–Trinajstić information content (AvgIpc) is 2.71. The number of hydrogen-bond acceptors (Lipinski definition) is 2. The average molecular weight is 396 g/mol. The first kappa shape index (κ1) is 27.5. The van der Waals surface area contributed by atoms with Crippen molar-refractivity contribution in [1.82, 2.24) is 5.32 Å². The highest BCUT2D eigenvalue weighted by atomic mass is 16.3. The first-order valence-corrected chi connectivity index (χ1v) is 12.9. The number of unbranched alkanes of at least 4 members (excludes halogenated alkanes) is 19. The van der Waals surface area contributed by atoms with Gasteiger partial charge >= 0.3 is 0 Å². The molecule has 168 valence electrons. The zero-order valence-corrected chi connectivity index (χ0v) is 19.5. The fraction of sp³-hybridized carbons (Fsp3) is 0.923. The van der Waals surface area contributed by atoms with Crippen LogP contribution in [-0.2, 0) is 0 Å². The summed E-state index contributed by atoms with van der Waals surface area (Å²) < 4.78 is 0. The Bertz CT molecular complexity index is 303. The summed E-state index contributed by atoms with van der Waals surface area (Å²) in [5.74, 6) is 0. The van der Waals surface area contributed by atoms with E-state index < -0.39 is 0 Å². The van der Waals surface area contributed by atoms with E-state index in [2.05, 4.69) is 18.3 Å². The van der Waals surface area contributed by atoms with E-state index >= 15 is 0 Å². The highest BCUT2D eigenvalue weighted by molar-refractivity contribution is 4.79. The van der Waals surface area contributed by atoms with Crippen molar-refractivity contribution >= 4 is 0 Å². The number of rotatable bonds is 23. The highest BCUT2D eigenvalue weighted by Crippen LogP contribution is 2.14. The first-order chi connectivity index (χ1) is 13.8. The summed E-state index contributed by atoms with van der Waals surface area (Å²) >= 11 is 0. The third-order valence-electron chi connectivity index (χ3n) is 5.77. The standard InChI is InChI=1S/C26H53NO/c1-3-5-6-7-8-9-10-11-12-13-14-15-16-17-18-19-20-21-22-23-24-25-27-26(28)4-2/h24-28H,3-23H2,1-2H3. The van der Waals surface area contributed by atoms with Gasteiger partial charge in [-0.2, -0.15) is 0 Å². The van der Waals surface area contributed by atoms with Crippen molar-refractivity contribution in [1.29, 1.82) is 0 Å². The minimum atomic E-state index is -0.388. The lowest BCUT2D eigenvalue weighted by Gasteiger charge is -2.06. The second-order valence-electron chi connectivity index (χ2n) is 8.65. The van der Waals surface area contributed by atoms with Gasteiger partial charge in [-0.05, 0) is 25.5 Å². The first-order valence-electron chi connectivity index (χ1n) is 12.9. The molecule has 0 bridgehead atoms. The number of nitrogens with one attached hydrogen (secondary N) is 1. The Morgan fingerprint density at radius 2 is 0.929 bits per heavy atom. The molecule has 0 rings (SSSR count). The fourth-order valence-corrected chi connectivity index (χ4v) is 3.72. The molecule has 0 saturated heterocycles. The van der Waals surface area contributed by atoms with Gasteiger partial charge in [0.15, 0.2) is 0 Å². The Morgan fingerprint density at radius 1 is 0.571 bits per heavy atom. The van der Waals surface area contributed by atoms with E-state index in [4.69, 9.17) is 0 Å². The van der Waals surface area contributed by atoms with E-state index in [1.165, 1.54) is 122 Å². The van der Waals surface area contributed by atoms with Crippen molar-refractivity contribution in [2.45, 2.75) is 155 Å². The summed E-state index contributed by atoms with van der Waals surface area (Å²) in [5, 5.41) is 12.3. The van der Waals surface area contributed by atoms with E-state index in [-0.39, 0.29) is 6.23 Å². The fourth-order valence-electron chi connectivity index (χ4n) is 3.72. The van der Waals surface area contributed by atoms with Crippen molar-refractivity contribution in [3.8, 4) is 0 Å². The molecule has 0 aromatic heterocycles. The van der Waals surface area contributed by atoms with E-state index in [1.54, 1.807) is 0 Å². The van der Waals surface area contributed by atoms with Gasteiger partial charge in [0.05, 0.1) is 0 Å². The lowest BCUT2D eigenvalue weighted by Crippen LogP contribution is -2.21. The van der Waals surface area contributed by atoms with Gasteiger partial charge < -0.3 is 10.4 Å². The summed E-state index contributed by atoms with van der Waals surface area (Å²) in [5.41, 5.74) is 0. The smallest absolute Gasteiger partial charge is 0.123 e. The van der Waals surface area contributed by atoms with Gasteiger partial charge in [-0.25, -0.2) is 0 Å². The molecule has 1 atom stereocenters. The molecule has 28 heavy (non-hydrogen) atoms. The molecule has 0 aromatic rings. The minimum absolute atomic E-state index is 0.388. The van der Waals surface area contributed by atoms with E-state index in [0.717, 1.165) is 12.8 Å². The number of aliphatic hydroxyl groups is 1. The van der Waals surface area contributed by atoms with Crippen molar-refractivity contribution in [3.63, 3.8) is 0 Å². The lowest BCUT2D eigenvalue weighted by molar-refractivity contribution is 0.149. The molecule has 0 spiro atoms. The SMILES string of the molecule is CCCCCCCCCCCCCCCCCCCCCC=CNC(O)CC. The maximum Gasteiger partial charge on any atom is 0.123 e. The summed E-state index contributed by atoms with van der Waals surface area (Å²) in [6.07, 6.45) is 32.7. The van der Waals surface area contributed by atoms with Gasteiger partial charge in [0.1, 0.15) is 6.23 Å². The Labute approximate surface area is 178 Å². The normalized spacial score (nSPS) is 12.7. The van der Waals surface area contributed by atoms with Crippen molar-refractivity contribution in [2.75, 3.05) is 0 Å². The zero-order valence-electron chi connectivity index (χ0n) is 19.5. The Hall–Kier alpha value is -0.500. The molecule has 1 unspecified atom stereocenters. The second kappa shape index (κ2) is 24.5.